The van der Waals surface area contributed by atoms with E-state index in [1.807, 2.05) is 17.0 Å². The number of halogens is 1. The van der Waals surface area contributed by atoms with Gasteiger partial charge in [-0.15, -0.1) is 0 Å². The van der Waals surface area contributed by atoms with Crippen molar-refractivity contribution in [2.24, 2.45) is 16.9 Å². The summed E-state index contributed by atoms with van der Waals surface area (Å²) in [5.74, 6) is 0.681. The van der Waals surface area contributed by atoms with Gasteiger partial charge in [-0.3, -0.25) is 9.69 Å². The molecule has 4 rings (SSSR count). The standard InChI is InChI=1S/C25H30ClN7O2/c1-17(30(4)18(2)34)10-33(27-3)25(35)32-14-22-12-31(13-23(22)15-32)11-20-6-5-19(7-24(20)26)21-8-28-16-29-9-21/h5-10,16,22-23H,3,11-15H2,1-2,4H3/b17-10+. The van der Waals surface area contributed by atoms with E-state index in [-0.39, 0.29) is 11.9 Å². The van der Waals surface area contributed by atoms with Crippen LogP contribution in [0, 0.1) is 11.8 Å². The molecule has 2 aliphatic rings. The molecule has 0 saturated carbocycles. The first-order valence-corrected chi connectivity index (χ1v) is 11.9. The number of rotatable bonds is 6. The van der Waals surface area contributed by atoms with E-state index in [1.165, 1.54) is 23.2 Å². The summed E-state index contributed by atoms with van der Waals surface area (Å²) in [5.41, 5.74) is 3.62. The molecule has 0 bridgehead atoms. The Labute approximate surface area is 210 Å². The van der Waals surface area contributed by atoms with Gasteiger partial charge in [-0.25, -0.2) is 14.8 Å². The van der Waals surface area contributed by atoms with Crippen molar-refractivity contribution in [3.05, 3.63) is 59.4 Å². The van der Waals surface area contributed by atoms with Crippen LogP contribution >= 0.6 is 11.6 Å². The van der Waals surface area contributed by atoms with Crippen LogP contribution in [0.4, 0.5) is 4.79 Å². The van der Waals surface area contributed by atoms with Crippen LogP contribution in [0.1, 0.15) is 19.4 Å². The first-order chi connectivity index (χ1) is 16.8. The number of likely N-dealkylation sites (tertiary alicyclic amines) is 2. The number of nitrogens with zero attached hydrogens (tertiary/aromatic N) is 7. The van der Waals surface area contributed by atoms with Gasteiger partial charge in [-0.1, -0.05) is 23.7 Å². The molecule has 10 heteroatoms. The molecule has 3 heterocycles. The maximum absolute atomic E-state index is 13.0. The molecule has 0 spiro atoms. The summed E-state index contributed by atoms with van der Waals surface area (Å²) >= 11 is 6.60. The van der Waals surface area contributed by atoms with E-state index in [1.54, 1.807) is 32.6 Å². The summed E-state index contributed by atoms with van der Waals surface area (Å²) in [6.07, 6.45) is 6.60. The monoisotopic (exact) mass is 495 g/mol. The molecular formula is C25H30ClN7O2. The number of amides is 3. The quantitative estimate of drug-likeness (QED) is 0.452. The van der Waals surface area contributed by atoms with E-state index in [9.17, 15) is 9.59 Å². The van der Waals surface area contributed by atoms with Crippen LogP contribution in [0.5, 0.6) is 0 Å². The summed E-state index contributed by atoms with van der Waals surface area (Å²) in [6.45, 7) is 10.7. The van der Waals surface area contributed by atoms with Crippen molar-refractivity contribution >= 4 is 30.3 Å². The third-order valence-corrected chi connectivity index (χ3v) is 7.18. The van der Waals surface area contributed by atoms with Crippen LogP contribution in [0.15, 0.2) is 53.9 Å². The van der Waals surface area contributed by atoms with Crippen LogP contribution in [0.25, 0.3) is 11.1 Å². The number of carbonyl (C=O) groups is 2. The molecule has 35 heavy (non-hydrogen) atoms. The number of benzene rings is 1. The van der Waals surface area contributed by atoms with Crippen LogP contribution in [0.3, 0.4) is 0 Å². The molecule has 2 aliphatic heterocycles. The second-order valence-corrected chi connectivity index (χ2v) is 9.58. The molecule has 0 radical (unpaired) electrons. The Morgan fingerprint density at radius 1 is 1.14 bits per heavy atom. The highest BCUT2D eigenvalue weighted by molar-refractivity contribution is 6.31. The summed E-state index contributed by atoms with van der Waals surface area (Å²) in [6, 6.07) is 5.85. The van der Waals surface area contributed by atoms with Crippen molar-refractivity contribution in [3.63, 3.8) is 0 Å². The molecule has 2 atom stereocenters. The molecule has 3 amide bonds. The minimum absolute atomic E-state index is 0.116. The van der Waals surface area contributed by atoms with Gasteiger partial charge in [0.25, 0.3) is 0 Å². The van der Waals surface area contributed by atoms with Crippen molar-refractivity contribution in [1.82, 2.24) is 29.7 Å². The lowest BCUT2D eigenvalue weighted by atomic mass is 10.0. The number of hydrazone groups is 1. The average molecular weight is 496 g/mol. The largest absolute Gasteiger partial charge is 0.344 e. The van der Waals surface area contributed by atoms with Gasteiger partial charge < -0.3 is 9.80 Å². The molecule has 2 fully saturated rings. The maximum atomic E-state index is 13.0. The summed E-state index contributed by atoms with van der Waals surface area (Å²) in [5, 5.41) is 5.80. The number of fused-ring (bicyclic) bond motifs is 1. The zero-order chi connectivity index (χ0) is 25.1. The molecule has 0 N–H and O–H groups in total. The molecule has 2 aromatic rings. The van der Waals surface area contributed by atoms with E-state index in [0.717, 1.165) is 41.3 Å². The highest BCUT2D eigenvalue weighted by atomic mass is 35.5. The zero-order valence-corrected chi connectivity index (χ0v) is 21.0. The molecule has 9 nitrogen and oxygen atoms in total. The second kappa shape index (κ2) is 10.5. The number of urea groups is 1. The van der Waals surface area contributed by atoms with Crippen LogP contribution in [-0.2, 0) is 11.3 Å². The lowest BCUT2D eigenvalue weighted by Gasteiger charge is -2.25. The Morgan fingerprint density at radius 2 is 1.80 bits per heavy atom. The van der Waals surface area contributed by atoms with Crippen molar-refractivity contribution in [2.45, 2.75) is 20.4 Å². The Balaban J connectivity index is 1.34. The Hall–Kier alpha value is -3.30. The van der Waals surface area contributed by atoms with E-state index < -0.39 is 0 Å². The number of allylic oxidation sites excluding steroid dienone is 1. The van der Waals surface area contributed by atoms with Gasteiger partial charge in [0.15, 0.2) is 0 Å². The summed E-state index contributed by atoms with van der Waals surface area (Å²) in [4.78, 5) is 38.4. The normalized spacial score (nSPS) is 20.0. The summed E-state index contributed by atoms with van der Waals surface area (Å²) < 4.78 is 0. The highest BCUT2D eigenvalue weighted by Crippen LogP contribution is 2.34. The van der Waals surface area contributed by atoms with Gasteiger partial charge in [-0.05, 0) is 36.0 Å². The first-order valence-electron chi connectivity index (χ1n) is 11.5. The average Bonchev–Trinajstić information content (AvgIpc) is 3.42. The minimum Gasteiger partial charge on any atom is -0.322 e. The molecule has 1 aromatic heterocycles. The predicted octanol–water partition coefficient (Wildman–Crippen LogP) is 3.54. The van der Waals surface area contributed by atoms with E-state index in [2.05, 4.69) is 32.8 Å². The number of hydrogen-bond acceptors (Lipinski definition) is 6. The smallest absolute Gasteiger partial charge is 0.322 e. The Morgan fingerprint density at radius 3 is 2.37 bits per heavy atom. The molecular weight excluding hydrogens is 466 g/mol. The van der Waals surface area contributed by atoms with Crippen LogP contribution < -0.4 is 0 Å². The molecule has 0 aliphatic carbocycles. The fourth-order valence-electron chi connectivity index (χ4n) is 4.73. The molecule has 1 aromatic carbocycles. The third kappa shape index (κ3) is 5.52. The lowest BCUT2D eigenvalue weighted by Crippen LogP contribution is -2.39. The van der Waals surface area contributed by atoms with Crippen LogP contribution in [-0.4, -0.2) is 81.6 Å². The van der Waals surface area contributed by atoms with Gasteiger partial charge in [0, 0.05) is 82.1 Å². The number of carbonyl (C=O) groups excluding carboxylic acids is 2. The summed E-state index contributed by atoms with van der Waals surface area (Å²) in [7, 11) is 1.66. The van der Waals surface area contributed by atoms with Gasteiger partial charge in [0.05, 0.1) is 6.20 Å². The second-order valence-electron chi connectivity index (χ2n) is 9.17. The van der Waals surface area contributed by atoms with Gasteiger partial charge in [0.2, 0.25) is 5.91 Å². The van der Waals surface area contributed by atoms with E-state index in [4.69, 9.17) is 11.6 Å². The van der Waals surface area contributed by atoms with Gasteiger partial charge >= 0.3 is 6.03 Å². The van der Waals surface area contributed by atoms with Crippen molar-refractivity contribution in [3.8, 4) is 11.1 Å². The molecule has 184 valence electrons. The predicted molar refractivity (Wildman–Crippen MR) is 135 cm³/mol. The number of hydrogen-bond donors (Lipinski definition) is 0. The van der Waals surface area contributed by atoms with Crippen molar-refractivity contribution in [1.29, 1.82) is 0 Å². The van der Waals surface area contributed by atoms with Crippen molar-refractivity contribution < 1.29 is 9.59 Å². The Bertz CT molecular complexity index is 1130. The number of aromatic nitrogens is 2. The third-order valence-electron chi connectivity index (χ3n) is 6.83. The lowest BCUT2D eigenvalue weighted by molar-refractivity contribution is -0.125. The highest BCUT2D eigenvalue weighted by Gasteiger charge is 2.42. The Kier molecular flexibility index (Phi) is 7.47. The molecule has 2 saturated heterocycles. The maximum Gasteiger partial charge on any atom is 0.344 e. The van der Waals surface area contributed by atoms with Gasteiger partial charge in [-0.2, -0.15) is 10.1 Å². The van der Waals surface area contributed by atoms with E-state index in [0.29, 0.717) is 30.6 Å². The molecule has 2 unspecified atom stereocenters. The van der Waals surface area contributed by atoms with Crippen LogP contribution in [0.2, 0.25) is 5.02 Å². The fraction of sp³-hybridized carbons (Fsp3) is 0.400. The SMILES string of the molecule is C=NN(/C=C(\C)N(C)C(C)=O)C(=O)N1CC2CN(Cc3ccc(-c4cncnc4)cc3Cl)CC2C1. The topological polar surface area (TPSA) is 85.2 Å². The fourth-order valence-corrected chi connectivity index (χ4v) is 4.97. The van der Waals surface area contributed by atoms with Gasteiger partial charge in [0.1, 0.15) is 6.33 Å². The van der Waals surface area contributed by atoms with Crippen molar-refractivity contribution in [2.75, 3.05) is 33.2 Å². The first kappa shape index (κ1) is 24.8. The minimum atomic E-state index is -0.222. The van der Waals surface area contributed by atoms with E-state index >= 15 is 0 Å². The zero-order valence-electron chi connectivity index (χ0n) is 20.3.